The average molecular weight is 350 g/mol. The lowest BCUT2D eigenvalue weighted by Gasteiger charge is -2.32. The third-order valence-electron chi connectivity index (χ3n) is 4.95. The number of hydrogen-bond donors (Lipinski definition) is 0. The van der Waals surface area contributed by atoms with E-state index < -0.39 is 0 Å². The summed E-state index contributed by atoms with van der Waals surface area (Å²) >= 11 is 0. The Bertz CT molecular complexity index is 884. The second-order valence-electron chi connectivity index (χ2n) is 6.60. The summed E-state index contributed by atoms with van der Waals surface area (Å²) in [4.78, 5) is 19.2. The zero-order chi connectivity index (χ0) is 17.9. The molecule has 3 heterocycles. The molecule has 1 aliphatic rings. The molecule has 4 rings (SSSR count). The van der Waals surface area contributed by atoms with E-state index in [9.17, 15) is 4.79 Å². The lowest BCUT2D eigenvalue weighted by atomic mass is 9.97. The van der Waals surface area contributed by atoms with Crippen molar-refractivity contribution in [2.75, 3.05) is 13.1 Å². The second kappa shape index (κ2) is 7.15. The number of carbonyl (C=O) groups is 1. The van der Waals surface area contributed by atoms with Crippen LogP contribution >= 0.6 is 0 Å². The van der Waals surface area contributed by atoms with Crippen molar-refractivity contribution < 1.29 is 9.32 Å². The Morgan fingerprint density at radius 1 is 1.31 bits per heavy atom. The fraction of sp³-hybridized carbons (Fsp3) is 0.350. The van der Waals surface area contributed by atoms with Gasteiger partial charge in [0.2, 0.25) is 5.76 Å². The van der Waals surface area contributed by atoms with Gasteiger partial charge in [0.25, 0.3) is 5.91 Å². The Morgan fingerprint density at radius 3 is 2.96 bits per heavy atom. The van der Waals surface area contributed by atoms with Gasteiger partial charge in [0.05, 0.1) is 0 Å². The number of aryl methyl sites for hydroxylation is 1. The topological polar surface area (TPSA) is 64.2 Å². The minimum Gasteiger partial charge on any atom is -0.350 e. The summed E-state index contributed by atoms with van der Waals surface area (Å²) in [6, 6.07) is 11.5. The number of amides is 1. The van der Waals surface area contributed by atoms with Crippen LogP contribution in [0.4, 0.5) is 0 Å². The van der Waals surface area contributed by atoms with Gasteiger partial charge in [0, 0.05) is 49.6 Å². The Labute approximate surface area is 152 Å². The van der Waals surface area contributed by atoms with E-state index >= 15 is 0 Å². The van der Waals surface area contributed by atoms with Crippen LogP contribution in [0, 0.1) is 0 Å². The summed E-state index contributed by atoms with van der Waals surface area (Å²) in [5.41, 5.74) is 1.63. The van der Waals surface area contributed by atoms with E-state index in [0.717, 1.165) is 37.3 Å². The van der Waals surface area contributed by atoms with Crippen LogP contribution in [-0.2, 0) is 6.54 Å². The molecule has 0 bridgehead atoms. The van der Waals surface area contributed by atoms with E-state index in [-0.39, 0.29) is 11.8 Å². The first kappa shape index (κ1) is 16.6. The first-order chi connectivity index (χ1) is 12.8. The second-order valence-corrected chi connectivity index (χ2v) is 6.60. The summed E-state index contributed by atoms with van der Waals surface area (Å²) in [5.74, 6) is 1.52. The van der Waals surface area contributed by atoms with Gasteiger partial charge in [-0.3, -0.25) is 4.79 Å². The highest BCUT2D eigenvalue weighted by Gasteiger charge is 2.29. The number of piperidine rings is 1. The maximum absolute atomic E-state index is 12.9. The first-order valence-electron chi connectivity index (χ1n) is 9.08. The number of carbonyl (C=O) groups excluding carboxylic acids is 1. The molecule has 6 heteroatoms. The number of imidazole rings is 1. The minimum atomic E-state index is -0.0982. The van der Waals surface area contributed by atoms with Gasteiger partial charge in [-0.1, -0.05) is 35.5 Å². The van der Waals surface area contributed by atoms with Crippen molar-refractivity contribution in [3.05, 3.63) is 60.4 Å². The minimum absolute atomic E-state index is 0.0982. The Balaban J connectivity index is 1.50. The molecule has 1 aliphatic heterocycles. The lowest BCUT2D eigenvalue weighted by Crippen LogP contribution is -2.39. The molecule has 2 aromatic heterocycles. The molecule has 26 heavy (non-hydrogen) atoms. The molecule has 0 radical (unpaired) electrons. The third-order valence-corrected chi connectivity index (χ3v) is 4.95. The van der Waals surface area contributed by atoms with Crippen LogP contribution in [0.3, 0.4) is 0 Å². The van der Waals surface area contributed by atoms with Crippen molar-refractivity contribution in [2.45, 2.75) is 32.2 Å². The highest BCUT2D eigenvalue weighted by molar-refractivity contribution is 5.92. The van der Waals surface area contributed by atoms with Crippen LogP contribution in [-0.4, -0.2) is 38.6 Å². The summed E-state index contributed by atoms with van der Waals surface area (Å²) in [7, 11) is 0. The van der Waals surface area contributed by atoms with Crippen LogP contribution in [0.25, 0.3) is 11.3 Å². The average Bonchev–Trinajstić information content (AvgIpc) is 3.37. The molecular weight excluding hydrogens is 328 g/mol. The van der Waals surface area contributed by atoms with Gasteiger partial charge in [-0.25, -0.2) is 4.98 Å². The Kier molecular flexibility index (Phi) is 4.56. The molecule has 6 nitrogen and oxygen atoms in total. The number of benzene rings is 1. The zero-order valence-electron chi connectivity index (χ0n) is 14.8. The quantitative estimate of drug-likeness (QED) is 0.721. The van der Waals surface area contributed by atoms with E-state index in [1.165, 1.54) is 0 Å². The Morgan fingerprint density at radius 2 is 2.15 bits per heavy atom. The number of likely N-dealkylation sites (tertiary alicyclic amines) is 1. The van der Waals surface area contributed by atoms with Crippen LogP contribution < -0.4 is 0 Å². The predicted molar refractivity (Wildman–Crippen MR) is 97.7 cm³/mol. The van der Waals surface area contributed by atoms with Crippen LogP contribution in [0.5, 0.6) is 0 Å². The van der Waals surface area contributed by atoms with Crippen LogP contribution in [0.2, 0.25) is 0 Å². The molecular formula is C20H22N4O2. The van der Waals surface area contributed by atoms with E-state index in [1.807, 2.05) is 47.6 Å². The zero-order valence-corrected chi connectivity index (χ0v) is 14.8. The maximum atomic E-state index is 12.9. The molecule has 0 saturated carbocycles. The van der Waals surface area contributed by atoms with Crippen molar-refractivity contribution in [3.8, 4) is 11.3 Å². The molecule has 1 amide bonds. The highest BCUT2D eigenvalue weighted by Crippen LogP contribution is 2.27. The van der Waals surface area contributed by atoms with Crippen LogP contribution in [0.15, 0.2) is 53.3 Å². The number of hydrogen-bond acceptors (Lipinski definition) is 4. The summed E-state index contributed by atoms with van der Waals surface area (Å²) in [6.07, 6.45) is 5.85. The molecule has 3 aromatic rings. The van der Waals surface area contributed by atoms with E-state index in [4.69, 9.17) is 4.52 Å². The van der Waals surface area contributed by atoms with Gasteiger partial charge < -0.3 is 14.0 Å². The monoisotopic (exact) mass is 350 g/mol. The molecule has 134 valence electrons. The normalized spacial score (nSPS) is 17.4. The fourth-order valence-electron chi connectivity index (χ4n) is 3.60. The van der Waals surface area contributed by atoms with Crippen molar-refractivity contribution in [2.24, 2.45) is 0 Å². The Hall–Kier alpha value is -2.89. The SMILES string of the molecule is CCn1ccnc1[C@@H]1CCCN(C(=O)c2cc(-c3ccccc3)no2)C1. The van der Waals surface area contributed by atoms with Crippen molar-refractivity contribution in [3.63, 3.8) is 0 Å². The molecule has 0 unspecified atom stereocenters. The third kappa shape index (κ3) is 3.14. The standard InChI is InChI=1S/C20H22N4O2/c1-2-23-12-10-21-19(23)16-9-6-11-24(14-16)20(25)18-13-17(22-26-18)15-7-4-3-5-8-15/h3-5,7-8,10,12-13,16H,2,6,9,11,14H2,1H3/t16-/m1/s1. The molecule has 1 fully saturated rings. The van der Waals surface area contributed by atoms with Crippen molar-refractivity contribution in [1.82, 2.24) is 19.6 Å². The smallest absolute Gasteiger partial charge is 0.292 e. The number of aromatic nitrogens is 3. The lowest BCUT2D eigenvalue weighted by molar-refractivity contribution is 0.0661. The van der Waals surface area contributed by atoms with Gasteiger partial charge >= 0.3 is 0 Å². The maximum Gasteiger partial charge on any atom is 0.292 e. The van der Waals surface area contributed by atoms with E-state index in [2.05, 4.69) is 21.6 Å². The first-order valence-corrected chi connectivity index (χ1v) is 9.08. The van der Waals surface area contributed by atoms with Crippen molar-refractivity contribution >= 4 is 5.91 Å². The molecule has 1 saturated heterocycles. The van der Waals surface area contributed by atoms with Gasteiger partial charge in [-0.15, -0.1) is 0 Å². The van der Waals surface area contributed by atoms with Gasteiger partial charge in [-0.05, 0) is 19.8 Å². The number of rotatable bonds is 4. The molecule has 0 N–H and O–H groups in total. The summed E-state index contributed by atoms with van der Waals surface area (Å²) in [5, 5.41) is 4.06. The summed E-state index contributed by atoms with van der Waals surface area (Å²) < 4.78 is 7.50. The molecule has 1 atom stereocenters. The van der Waals surface area contributed by atoms with Gasteiger partial charge in [-0.2, -0.15) is 0 Å². The molecule has 1 aromatic carbocycles. The molecule has 0 spiro atoms. The van der Waals surface area contributed by atoms with E-state index in [1.54, 1.807) is 6.07 Å². The largest absolute Gasteiger partial charge is 0.350 e. The van der Waals surface area contributed by atoms with Crippen LogP contribution in [0.1, 0.15) is 42.1 Å². The number of nitrogens with zero attached hydrogens (tertiary/aromatic N) is 4. The van der Waals surface area contributed by atoms with Crippen molar-refractivity contribution in [1.29, 1.82) is 0 Å². The van der Waals surface area contributed by atoms with Gasteiger partial charge in [0.1, 0.15) is 11.5 Å². The predicted octanol–water partition coefficient (Wildman–Crippen LogP) is 3.58. The fourth-order valence-corrected chi connectivity index (χ4v) is 3.60. The molecule has 0 aliphatic carbocycles. The highest BCUT2D eigenvalue weighted by atomic mass is 16.5. The van der Waals surface area contributed by atoms with E-state index in [0.29, 0.717) is 18.0 Å². The summed E-state index contributed by atoms with van der Waals surface area (Å²) in [6.45, 7) is 4.40. The van der Waals surface area contributed by atoms with Gasteiger partial charge in [0.15, 0.2) is 0 Å².